The van der Waals surface area contributed by atoms with Crippen LogP contribution in [-0.2, 0) is 0 Å². The lowest BCUT2D eigenvalue weighted by Gasteiger charge is -2.03. The minimum Gasteiger partial charge on any atom is -0.351 e. The van der Waals surface area contributed by atoms with Crippen molar-refractivity contribution in [2.75, 3.05) is 5.32 Å². The molecule has 4 nitrogen and oxygen atoms in total. The molecule has 0 bridgehead atoms. The third kappa shape index (κ3) is 2.36. The molecule has 2 aromatic rings. The van der Waals surface area contributed by atoms with Crippen LogP contribution >= 0.6 is 0 Å². The van der Waals surface area contributed by atoms with Crippen LogP contribution in [0.2, 0.25) is 0 Å². The Labute approximate surface area is 93.1 Å². The number of rotatable bonds is 2. The lowest BCUT2D eigenvalue weighted by atomic mass is 10.1. The lowest BCUT2D eigenvalue weighted by Crippen LogP contribution is -2.19. The summed E-state index contributed by atoms with van der Waals surface area (Å²) in [7, 11) is 0. The zero-order valence-corrected chi connectivity index (χ0v) is 8.55. The standard InChI is InChI=1S/C12H11N3O/c13-12(16)15-10-6-4-9(5-7-10)11-3-1-2-8-14-11/h1-8H,(H3,13,15,16). The fourth-order valence-corrected chi connectivity index (χ4v) is 1.40. The zero-order chi connectivity index (χ0) is 11.4. The van der Waals surface area contributed by atoms with E-state index in [-0.39, 0.29) is 0 Å². The first-order valence-corrected chi connectivity index (χ1v) is 4.83. The van der Waals surface area contributed by atoms with E-state index in [2.05, 4.69) is 10.3 Å². The highest BCUT2D eigenvalue weighted by molar-refractivity contribution is 5.88. The zero-order valence-electron chi connectivity index (χ0n) is 8.55. The van der Waals surface area contributed by atoms with E-state index in [1.165, 1.54) is 0 Å². The predicted molar refractivity (Wildman–Crippen MR) is 62.9 cm³/mol. The Kier molecular flexibility index (Phi) is 2.82. The summed E-state index contributed by atoms with van der Waals surface area (Å²) in [6.45, 7) is 0. The van der Waals surface area contributed by atoms with Crippen molar-refractivity contribution >= 4 is 11.7 Å². The van der Waals surface area contributed by atoms with Crippen molar-refractivity contribution < 1.29 is 4.79 Å². The number of amides is 2. The Morgan fingerprint density at radius 2 is 1.88 bits per heavy atom. The topological polar surface area (TPSA) is 68.0 Å². The molecule has 3 N–H and O–H groups in total. The van der Waals surface area contributed by atoms with Gasteiger partial charge in [0.25, 0.3) is 0 Å². The number of nitrogens with one attached hydrogen (secondary N) is 1. The molecule has 0 aliphatic carbocycles. The van der Waals surface area contributed by atoms with Crippen LogP contribution in [0.15, 0.2) is 48.7 Å². The highest BCUT2D eigenvalue weighted by atomic mass is 16.2. The van der Waals surface area contributed by atoms with Gasteiger partial charge in [0.1, 0.15) is 0 Å². The first kappa shape index (κ1) is 10.2. The summed E-state index contributed by atoms with van der Waals surface area (Å²) in [6, 6.07) is 12.5. The maximum atomic E-state index is 10.6. The van der Waals surface area contributed by atoms with Gasteiger partial charge in [-0.25, -0.2) is 4.79 Å². The van der Waals surface area contributed by atoms with Gasteiger partial charge in [-0.1, -0.05) is 18.2 Å². The van der Waals surface area contributed by atoms with Crippen molar-refractivity contribution in [3.63, 3.8) is 0 Å². The summed E-state index contributed by atoms with van der Waals surface area (Å²) in [6.07, 6.45) is 1.74. The molecule has 1 heterocycles. The first-order chi connectivity index (χ1) is 7.75. The van der Waals surface area contributed by atoms with Gasteiger partial charge >= 0.3 is 6.03 Å². The molecule has 0 saturated carbocycles. The summed E-state index contributed by atoms with van der Waals surface area (Å²) in [5.74, 6) is 0. The van der Waals surface area contributed by atoms with Crippen LogP contribution in [0, 0.1) is 0 Å². The van der Waals surface area contributed by atoms with E-state index in [4.69, 9.17) is 5.73 Å². The Morgan fingerprint density at radius 1 is 1.12 bits per heavy atom. The Hall–Kier alpha value is -2.36. The summed E-state index contributed by atoms with van der Waals surface area (Å²) < 4.78 is 0. The van der Waals surface area contributed by atoms with Gasteiger partial charge in [-0.15, -0.1) is 0 Å². The minimum atomic E-state index is -0.564. The molecule has 0 aliphatic heterocycles. The fraction of sp³-hybridized carbons (Fsp3) is 0. The van der Waals surface area contributed by atoms with Gasteiger partial charge in [-0.2, -0.15) is 0 Å². The monoisotopic (exact) mass is 213 g/mol. The highest BCUT2D eigenvalue weighted by Gasteiger charge is 1.99. The molecular weight excluding hydrogens is 202 g/mol. The van der Waals surface area contributed by atoms with Crippen molar-refractivity contribution in [1.82, 2.24) is 4.98 Å². The number of aromatic nitrogens is 1. The third-order valence-corrected chi connectivity index (χ3v) is 2.11. The largest absolute Gasteiger partial charge is 0.351 e. The molecule has 0 spiro atoms. The molecule has 1 aromatic carbocycles. The second-order valence-corrected chi connectivity index (χ2v) is 3.28. The number of benzene rings is 1. The molecular formula is C12H11N3O. The maximum absolute atomic E-state index is 10.6. The van der Waals surface area contributed by atoms with Crippen LogP contribution in [0.3, 0.4) is 0 Å². The molecule has 0 atom stereocenters. The number of pyridine rings is 1. The maximum Gasteiger partial charge on any atom is 0.316 e. The van der Waals surface area contributed by atoms with Crippen molar-refractivity contribution in [2.24, 2.45) is 5.73 Å². The van der Waals surface area contributed by atoms with Gasteiger partial charge in [0.15, 0.2) is 0 Å². The number of nitrogens with zero attached hydrogens (tertiary/aromatic N) is 1. The van der Waals surface area contributed by atoms with Crippen molar-refractivity contribution in [3.05, 3.63) is 48.7 Å². The lowest BCUT2D eigenvalue weighted by molar-refractivity contribution is 0.259. The minimum absolute atomic E-state index is 0.564. The van der Waals surface area contributed by atoms with Gasteiger partial charge in [0.2, 0.25) is 0 Å². The molecule has 0 fully saturated rings. The summed E-state index contributed by atoms with van der Waals surface area (Å²) >= 11 is 0. The molecule has 0 radical (unpaired) electrons. The second kappa shape index (κ2) is 4.44. The van der Waals surface area contributed by atoms with Gasteiger partial charge in [-0.3, -0.25) is 4.98 Å². The molecule has 0 unspecified atom stereocenters. The van der Waals surface area contributed by atoms with E-state index in [0.29, 0.717) is 5.69 Å². The van der Waals surface area contributed by atoms with Gasteiger partial charge in [0.05, 0.1) is 5.69 Å². The quantitative estimate of drug-likeness (QED) is 0.803. The number of anilines is 1. The van der Waals surface area contributed by atoms with E-state index in [9.17, 15) is 4.79 Å². The molecule has 80 valence electrons. The van der Waals surface area contributed by atoms with E-state index in [1.54, 1.807) is 18.3 Å². The molecule has 2 amide bonds. The van der Waals surface area contributed by atoms with E-state index >= 15 is 0 Å². The second-order valence-electron chi connectivity index (χ2n) is 3.28. The molecule has 0 saturated heterocycles. The van der Waals surface area contributed by atoms with Gasteiger partial charge < -0.3 is 11.1 Å². The van der Waals surface area contributed by atoms with Crippen molar-refractivity contribution in [1.29, 1.82) is 0 Å². The van der Waals surface area contributed by atoms with Gasteiger partial charge in [0, 0.05) is 17.4 Å². The SMILES string of the molecule is NC(=O)Nc1ccc(-c2ccccn2)cc1. The van der Waals surface area contributed by atoms with Crippen molar-refractivity contribution in [3.8, 4) is 11.3 Å². The van der Waals surface area contributed by atoms with Crippen molar-refractivity contribution in [2.45, 2.75) is 0 Å². The number of carbonyl (C=O) groups is 1. The first-order valence-electron chi connectivity index (χ1n) is 4.83. The fourth-order valence-electron chi connectivity index (χ4n) is 1.40. The number of nitrogens with two attached hydrogens (primary N) is 1. The number of carbonyl (C=O) groups excluding carboxylic acids is 1. The van der Waals surface area contributed by atoms with Crippen LogP contribution in [0.5, 0.6) is 0 Å². The number of primary amides is 1. The molecule has 1 aromatic heterocycles. The normalized spacial score (nSPS) is 9.75. The van der Waals surface area contributed by atoms with Crippen LogP contribution < -0.4 is 11.1 Å². The summed E-state index contributed by atoms with van der Waals surface area (Å²) in [5.41, 5.74) is 7.58. The highest BCUT2D eigenvalue weighted by Crippen LogP contribution is 2.18. The van der Waals surface area contributed by atoms with E-state index < -0.39 is 6.03 Å². The number of hydrogen-bond donors (Lipinski definition) is 2. The van der Waals surface area contributed by atoms with Gasteiger partial charge in [-0.05, 0) is 24.3 Å². The van der Waals surface area contributed by atoms with Crippen LogP contribution in [0.4, 0.5) is 10.5 Å². The Balaban J connectivity index is 2.23. The summed E-state index contributed by atoms with van der Waals surface area (Å²) in [5, 5.41) is 2.50. The smallest absolute Gasteiger partial charge is 0.316 e. The molecule has 4 heteroatoms. The molecule has 16 heavy (non-hydrogen) atoms. The van der Waals surface area contributed by atoms with E-state index in [0.717, 1.165) is 11.3 Å². The molecule has 0 aliphatic rings. The average Bonchev–Trinajstić information content (AvgIpc) is 2.30. The summed E-state index contributed by atoms with van der Waals surface area (Å²) in [4.78, 5) is 14.8. The predicted octanol–water partition coefficient (Wildman–Crippen LogP) is 2.24. The molecule has 2 rings (SSSR count). The Bertz CT molecular complexity index is 479. The average molecular weight is 213 g/mol. The number of hydrogen-bond acceptors (Lipinski definition) is 2. The number of urea groups is 1. The van der Waals surface area contributed by atoms with E-state index in [1.807, 2.05) is 30.3 Å². The van der Waals surface area contributed by atoms with Crippen LogP contribution in [0.1, 0.15) is 0 Å². The third-order valence-electron chi connectivity index (χ3n) is 2.11. The van der Waals surface area contributed by atoms with Crippen LogP contribution in [0.25, 0.3) is 11.3 Å². The Morgan fingerprint density at radius 3 is 2.44 bits per heavy atom. The van der Waals surface area contributed by atoms with Crippen LogP contribution in [-0.4, -0.2) is 11.0 Å².